The monoisotopic (exact) mass is 551 g/mol. The van der Waals surface area contributed by atoms with Crippen molar-refractivity contribution >= 4 is 21.8 Å². The van der Waals surface area contributed by atoms with Crippen LogP contribution in [0.25, 0.3) is 60.9 Å². The fourth-order valence-electron chi connectivity index (χ4n) is 8.36. The second-order valence-electron chi connectivity index (χ2n) is 13.4. The Morgan fingerprint density at radius 3 is 1.88 bits per heavy atom. The molecule has 7 aromatic rings. The fraction of sp³-hybridized carbons (Fsp3) is 0.143. The molecule has 1 heteroatoms. The lowest BCUT2D eigenvalue weighted by Crippen LogP contribution is -2.17. The van der Waals surface area contributed by atoms with E-state index in [1.165, 1.54) is 83.1 Å². The summed E-state index contributed by atoms with van der Waals surface area (Å²) in [6.07, 6.45) is 0. The smallest absolute Gasteiger partial charge is 0.0623 e. The van der Waals surface area contributed by atoms with Gasteiger partial charge in [-0.25, -0.2) is 0 Å². The lowest BCUT2D eigenvalue weighted by atomic mass is 9.77. The number of nitrogens with zero attached hydrogens (tertiary/aromatic N) is 1. The Balaban J connectivity index is 1.44. The van der Waals surface area contributed by atoms with Crippen LogP contribution in [-0.4, -0.2) is 4.57 Å². The van der Waals surface area contributed by atoms with Crippen LogP contribution in [0.2, 0.25) is 0 Å². The molecule has 0 N–H and O–H groups in total. The largest absolute Gasteiger partial charge is 0.309 e. The summed E-state index contributed by atoms with van der Waals surface area (Å²) >= 11 is 0. The normalized spacial score (nSPS) is 15.3. The molecule has 0 amide bonds. The third-order valence-electron chi connectivity index (χ3n) is 10.4. The van der Waals surface area contributed by atoms with E-state index in [9.17, 15) is 0 Å². The van der Waals surface area contributed by atoms with Gasteiger partial charge in [0.1, 0.15) is 0 Å². The molecule has 0 unspecified atom stereocenters. The first-order valence-electron chi connectivity index (χ1n) is 15.4. The van der Waals surface area contributed by atoms with Gasteiger partial charge in [0, 0.05) is 32.9 Å². The Bertz CT molecular complexity index is 2280. The van der Waals surface area contributed by atoms with Crippen LogP contribution in [0, 0.1) is 0 Å². The fourth-order valence-corrected chi connectivity index (χ4v) is 8.36. The van der Waals surface area contributed by atoms with Gasteiger partial charge in [-0.05, 0) is 80.4 Å². The van der Waals surface area contributed by atoms with Gasteiger partial charge >= 0.3 is 0 Å². The highest BCUT2D eigenvalue weighted by Gasteiger charge is 2.41. The van der Waals surface area contributed by atoms with E-state index < -0.39 is 0 Å². The molecule has 0 spiro atoms. The minimum absolute atomic E-state index is 0.0446. The summed E-state index contributed by atoms with van der Waals surface area (Å²) in [5, 5.41) is 2.60. The first kappa shape index (κ1) is 24.7. The van der Waals surface area contributed by atoms with Crippen molar-refractivity contribution in [3.05, 3.63) is 150 Å². The van der Waals surface area contributed by atoms with Crippen LogP contribution in [0.4, 0.5) is 0 Å². The second kappa shape index (κ2) is 8.36. The minimum atomic E-state index is -0.148. The van der Waals surface area contributed by atoms with Crippen molar-refractivity contribution in [2.24, 2.45) is 0 Å². The van der Waals surface area contributed by atoms with Gasteiger partial charge in [-0.1, -0.05) is 125 Å². The van der Waals surface area contributed by atoms with Gasteiger partial charge in [-0.15, -0.1) is 0 Å². The Hall–Kier alpha value is -4.88. The van der Waals surface area contributed by atoms with E-state index in [1.807, 2.05) is 0 Å². The van der Waals surface area contributed by atoms with Crippen molar-refractivity contribution in [3.63, 3.8) is 0 Å². The highest BCUT2D eigenvalue weighted by Crippen LogP contribution is 2.57. The summed E-state index contributed by atoms with van der Waals surface area (Å²) in [5.41, 5.74) is 17.3. The van der Waals surface area contributed by atoms with Crippen molar-refractivity contribution in [2.45, 2.75) is 38.5 Å². The molecule has 1 heterocycles. The maximum Gasteiger partial charge on any atom is 0.0623 e. The SMILES string of the molecule is CC1(C)c2ccccc2-c2ccc(-c3cc4c5ccccc5n(-c5ccccc5)c4c4c3C(C)(C)c3ccccc3-4)cc21. The molecular weight excluding hydrogens is 518 g/mol. The Labute approximate surface area is 253 Å². The van der Waals surface area contributed by atoms with E-state index >= 15 is 0 Å². The highest BCUT2D eigenvalue weighted by molar-refractivity contribution is 6.17. The van der Waals surface area contributed by atoms with Crippen LogP contribution in [0.15, 0.2) is 127 Å². The predicted molar refractivity (Wildman–Crippen MR) is 181 cm³/mol. The number of rotatable bonds is 2. The minimum Gasteiger partial charge on any atom is -0.309 e. The molecule has 0 saturated carbocycles. The lowest BCUT2D eigenvalue weighted by molar-refractivity contribution is 0.659. The van der Waals surface area contributed by atoms with Gasteiger partial charge < -0.3 is 4.57 Å². The average molecular weight is 552 g/mol. The Morgan fingerprint density at radius 1 is 0.465 bits per heavy atom. The molecule has 0 bridgehead atoms. The summed E-state index contributed by atoms with van der Waals surface area (Å²) in [4.78, 5) is 0. The van der Waals surface area contributed by atoms with Crippen molar-refractivity contribution in [1.29, 1.82) is 0 Å². The number of hydrogen-bond acceptors (Lipinski definition) is 0. The molecule has 0 saturated heterocycles. The van der Waals surface area contributed by atoms with Gasteiger partial charge in [0.15, 0.2) is 0 Å². The quantitative estimate of drug-likeness (QED) is 0.201. The molecule has 1 nitrogen and oxygen atoms in total. The summed E-state index contributed by atoms with van der Waals surface area (Å²) in [6.45, 7) is 9.58. The number of para-hydroxylation sites is 2. The Morgan fingerprint density at radius 2 is 1.09 bits per heavy atom. The molecule has 9 rings (SSSR count). The van der Waals surface area contributed by atoms with Crippen molar-refractivity contribution in [3.8, 4) is 39.1 Å². The van der Waals surface area contributed by atoms with Crippen LogP contribution in [-0.2, 0) is 10.8 Å². The van der Waals surface area contributed by atoms with E-state index in [0.29, 0.717) is 0 Å². The van der Waals surface area contributed by atoms with Crippen LogP contribution < -0.4 is 0 Å². The van der Waals surface area contributed by atoms with Gasteiger partial charge in [0.05, 0.1) is 11.0 Å². The molecule has 0 radical (unpaired) electrons. The zero-order valence-corrected chi connectivity index (χ0v) is 25.1. The summed E-state index contributed by atoms with van der Waals surface area (Å²) < 4.78 is 2.49. The highest BCUT2D eigenvalue weighted by atomic mass is 15.0. The number of hydrogen-bond donors (Lipinski definition) is 0. The predicted octanol–water partition coefficient (Wildman–Crippen LogP) is 11.1. The van der Waals surface area contributed by atoms with Gasteiger partial charge in [0.25, 0.3) is 0 Å². The molecule has 0 aliphatic heterocycles. The molecule has 2 aliphatic rings. The summed E-state index contributed by atoms with van der Waals surface area (Å²) in [6, 6.07) is 47.5. The van der Waals surface area contributed by atoms with E-state index in [0.717, 1.165) is 0 Å². The first-order valence-corrected chi connectivity index (χ1v) is 15.4. The topological polar surface area (TPSA) is 4.93 Å². The standard InChI is InChI=1S/C42H33N/c1-41(2)34-19-11-8-16-28(34)29-23-22-26(24-36(29)41)32-25-33-30-17-10-13-21-37(30)43(27-14-6-5-7-15-27)40(33)38-31-18-9-12-20-35(31)42(3,4)39(32)38/h5-25H,1-4H3. The van der Waals surface area contributed by atoms with E-state index in [2.05, 4.69) is 160 Å². The van der Waals surface area contributed by atoms with Crippen LogP contribution >= 0.6 is 0 Å². The van der Waals surface area contributed by atoms with Crippen LogP contribution in [0.3, 0.4) is 0 Å². The first-order chi connectivity index (χ1) is 20.9. The maximum atomic E-state index is 2.50. The lowest BCUT2D eigenvalue weighted by Gasteiger charge is -2.26. The molecule has 1 aromatic heterocycles. The number of benzene rings is 6. The van der Waals surface area contributed by atoms with Gasteiger partial charge in [-0.2, -0.15) is 0 Å². The van der Waals surface area contributed by atoms with Gasteiger partial charge in [-0.3, -0.25) is 0 Å². The molecule has 43 heavy (non-hydrogen) atoms. The molecule has 206 valence electrons. The second-order valence-corrected chi connectivity index (χ2v) is 13.4. The average Bonchev–Trinajstić information content (AvgIpc) is 3.58. The van der Waals surface area contributed by atoms with Gasteiger partial charge in [0.2, 0.25) is 0 Å². The van der Waals surface area contributed by atoms with Crippen molar-refractivity contribution < 1.29 is 0 Å². The van der Waals surface area contributed by atoms with E-state index in [4.69, 9.17) is 0 Å². The zero-order chi connectivity index (χ0) is 29.1. The third-order valence-corrected chi connectivity index (χ3v) is 10.4. The third kappa shape index (κ3) is 3.12. The zero-order valence-electron chi connectivity index (χ0n) is 25.1. The summed E-state index contributed by atoms with van der Waals surface area (Å²) in [5.74, 6) is 0. The maximum absolute atomic E-state index is 2.50. The van der Waals surface area contributed by atoms with E-state index in [1.54, 1.807) is 0 Å². The molecule has 2 aliphatic carbocycles. The van der Waals surface area contributed by atoms with Crippen LogP contribution in [0.5, 0.6) is 0 Å². The molecule has 6 aromatic carbocycles. The van der Waals surface area contributed by atoms with E-state index in [-0.39, 0.29) is 10.8 Å². The molecule has 0 atom stereocenters. The number of aromatic nitrogens is 1. The molecule has 0 fully saturated rings. The summed E-state index contributed by atoms with van der Waals surface area (Å²) in [7, 11) is 0. The number of fused-ring (bicyclic) bond motifs is 10. The Kier molecular flexibility index (Phi) is 4.80. The van der Waals surface area contributed by atoms with Crippen molar-refractivity contribution in [2.75, 3.05) is 0 Å². The van der Waals surface area contributed by atoms with Crippen LogP contribution in [0.1, 0.15) is 49.9 Å². The molecular formula is C42H33N. The van der Waals surface area contributed by atoms with Crippen molar-refractivity contribution in [1.82, 2.24) is 4.57 Å².